The van der Waals surface area contributed by atoms with Gasteiger partial charge in [-0.25, -0.2) is 0 Å². The van der Waals surface area contributed by atoms with Crippen molar-refractivity contribution >= 4 is 40.6 Å². The average Bonchev–Trinajstić information content (AvgIpc) is 2.72. The van der Waals surface area contributed by atoms with Gasteiger partial charge in [-0.2, -0.15) is 0 Å². The Morgan fingerprint density at radius 1 is 1.27 bits per heavy atom. The Balaban J connectivity index is 1.92. The normalized spacial score (nSPS) is 10.6. The van der Waals surface area contributed by atoms with Gasteiger partial charge < -0.3 is 15.2 Å². The zero-order valence-electron chi connectivity index (χ0n) is 16.8. The van der Waals surface area contributed by atoms with Crippen LogP contribution >= 0.6 is 12.2 Å². The van der Waals surface area contributed by atoms with Crippen LogP contribution in [-0.2, 0) is 17.9 Å². The van der Waals surface area contributed by atoms with Crippen molar-refractivity contribution in [2.75, 3.05) is 12.4 Å². The zero-order valence-corrected chi connectivity index (χ0v) is 17.6. The molecule has 0 atom stereocenters. The van der Waals surface area contributed by atoms with Gasteiger partial charge in [-0.15, -0.1) is 6.58 Å². The average molecular weight is 423 g/mol. The van der Waals surface area contributed by atoms with Crippen LogP contribution in [0.1, 0.15) is 22.8 Å². The molecule has 0 bridgehead atoms. The van der Waals surface area contributed by atoms with Crippen molar-refractivity contribution in [2.45, 2.75) is 20.0 Å². The number of aromatic amines is 1. The maximum absolute atomic E-state index is 12.8. The predicted octanol–water partition coefficient (Wildman–Crippen LogP) is 3.48. The van der Waals surface area contributed by atoms with Crippen molar-refractivity contribution in [2.24, 2.45) is 0 Å². The first-order valence-corrected chi connectivity index (χ1v) is 9.71. The standard InChI is InChI=1S/C22H22N4O3S/c1-4-11-26-21(29)17-10-9-15(12-19(17)24-22(26)30)20(28)23-18-8-6-5-7-16(18)13-25(3)14(2)27/h4-10,12H,1,11,13H2,2-3H3,(H,23,28)(H,24,30). The summed E-state index contributed by atoms with van der Waals surface area (Å²) in [5, 5.41) is 3.32. The van der Waals surface area contributed by atoms with Gasteiger partial charge in [-0.3, -0.25) is 19.0 Å². The summed E-state index contributed by atoms with van der Waals surface area (Å²) in [5.74, 6) is -0.396. The first kappa shape index (κ1) is 21.2. The Morgan fingerprint density at radius 2 is 2.00 bits per heavy atom. The maximum atomic E-state index is 12.8. The van der Waals surface area contributed by atoms with Crippen molar-refractivity contribution in [3.63, 3.8) is 0 Å². The second kappa shape index (κ2) is 8.87. The fourth-order valence-corrected chi connectivity index (χ4v) is 3.30. The molecule has 1 aromatic heterocycles. The number of nitrogens with zero attached hydrogens (tertiary/aromatic N) is 2. The molecule has 0 aliphatic rings. The highest BCUT2D eigenvalue weighted by Gasteiger charge is 2.13. The quantitative estimate of drug-likeness (QED) is 0.470. The van der Waals surface area contributed by atoms with Gasteiger partial charge in [0.15, 0.2) is 4.77 Å². The Labute approximate surface area is 178 Å². The van der Waals surface area contributed by atoms with Gasteiger partial charge in [0, 0.05) is 38.3 Å². The second-order valence-electron chi connectivity index (χ2n) is 6.88. The molecule has 2 aromatic carbocycles. The fraction of sp³-hybridized carbons (Fsp3) is 0.182. The molecule has 8 heteroatoms. The van der Waals surface area contributed by atoms with Crippen LogP contribution in [0.25, 0.3) is 10.9 Å². The highest BCUT2D eigenvalue weighted by atomic mass is 32.1. The summed E-state index contributed by atoms with van der Waals surface area (Å²) in [6.07, 6.45) is 1.60. The number of para-hydroxylation sites is 1. The Morgan fingerprint density at radius 3 is 2.70 bits per heavy atom. The number of hydrogen-bond acceptors (Lipinski definition) is 4. The van der Waals surface area contributed by atoms with Crippen molar-refractivity contribution < 1.29 is 9.59 Å². The summed E-state index contributed by atoms with van der Waals surface area (Å²) in [4.78, 5) is 41.6. The summed E-state index contributed by atoms with van der Waals surface area (Å²) < 4.78 is 1.68. The molecule has 0 saturated heterocycles. The molecule has 0 aliphatic carbocycles. The highest BCUT2D eigenvalue weighted by Crippen LogP contribution is 2.19. The molecule has 0 unspecified atom stereocenters. The topological polar surface area (TPSA) is 87.2 Å². The molecule has 1 heterocycles. The molecule has 0 saturated carbocycles. The summed E-state index contributed by atoms with van der Waals surface area (Å²) >= 11 is 5.25. The number of aromatic nitrogens is 2. The number of hydrogen-bond donors (Lipinski definition) is 2. The lowest BCUT2D eigenvalue weighted by molar-refractivity contribution is -0.128. The van der Waals surface area contributed by atoms with E-state index in [9.17, 15) is 14.4 Å². The van der Waals surface area contributed by atoms with E-state index >= 15 is 0 Å². The molecule has 30 heavy (non-hydrogen) atoms. The molecule has 2 amide bonds. The predicted molar refractivity (Wildman–Crippen MR) is 120 cm³/mol. The number of benzene rings is 2. The van der Waals surface area contributed by atoms with Crippen LogP contribution < -0.4 is 10.9 Å². The molecule has 0 aliphatic heterocycles. The first-order valence-electron chi connectivity index (χ1n) is 9.30. The third kappa shape index (κ3) is 4.38. The molecule has 3 aromatic rings. The molecule has 2 N–H and O–H groups in total. The van der Waals surface area contributed by atoms with E-state index < -0.39 is 0 Å². The molecular weight excluding hydrogens is 400 g/mol. The van der Waals surface area contributed by atoms with Crippen LogP contribution in [0.4, 0.5) is 5.69 Å². The summed E-state index contributed by atoms with van der Waals surface area (Å²) in [7, 11) is 1.70. The number of fused-ring (bicyclic) bond motifs is 1. The summed E-state index contributed by atoms with van der Waals surface area (Å²) in [6, 6.07) is 12.1. The minimum Gasteiger partial charge on any atom is -0.342 e. The van der Waals surface area contributed by atoms with Crippen LogP contribution in [0.3, 0.4) is 0 Å². The van der Waals surface area contributed by atoms with E-state index in [0.717, 1.165) is 5.56 Å². The minimum atomic E-state index is -0.329. The molecule has 0 spiro atoms. The van der Waals surface area contributed by atoms with Crippen LogP contribution in [0.5, 0.6) is 0 Å². The number of amides is 2. The molecule has 154 valence electrons. The smallest absolute Gasteiger partial charge is 0.262 e. The fourth-order valence-electron chi connectivity index (χ4n) is 3.03. The Bertz CT molecular complexity index is 1260. The van der Waals surface area contributed by atoms with E-state index in [1.807, 2.05) is 18.2 Å². The van der Waals surface area contributed by atoms with E-state index in [4.69, 9.17) is 12.2 Å². The number of H-pyrrole nitrogens is 1. The van der Waals surface area contributed by atoms with E-state index in [0.29, 0.717) is 35.2 Å². The molecule has 3 rings (SSSR count). The van der Waals surface area contributed by atoms with Gasteiger partial charge in [0.25, 0.3) is 11.5 Å². The minimum absolute atomic E-state index is 0.0666. The van der Waals surface area contributed by atoms with Crippen molar-refractivity contribution in [1.82, 2.24) is 14.5 Å². The van der Waals surface area contributed by atoms with Crippen LogP contribution in [0.2, 0.25) is 0 Å². The van der Waals surface area contributed by atoms with Crippen LogP contribution in [0.15, 0.2) is 59.9 Å². The van der Waals surface area contributed by atoms with E-state index in [2.05, 4.69) is 16.9 Å². The zero-order chi connectivity index (χ0) is 21.8. The number of rotatable bonds is 6. The highest BCUT2D eigenvalue weighted by molar-refractivity contribution is 7.71. The van der Waals surface area contributed by atoms with Crippen molar-refractivity contribution in [3.05, 3.63) is 81.4 Å². The number of carbonyl (C=O) groups is 2. The van der Waals surface area contributed by atoms with Crippen molar-refractivity contribution in [1.29, 1.82) is 0 Å². The van der Waals surface area contributed by atoms with Crippen LogP contribution in [-0.4, -0.2) is 33.3 Å². The molecule has 0 fully saturated rings. The van der Waals surface area contributed by atoms with Gasteiger partial charge in [0.2, 0.25) is 5.91 Å². The van der Waals surface area contributed by atoms with Gasteiger partial charge in [0.05, 0.1) is 10.9 Å². The van der Waals surface area contributed by atoms with Crippen molar-refractivity contribution in [3.8, 4) is 0 Å². The summed E-state index contributed by atoms with van der Waals surface area (Å²) in [6.45, 7) is 5.80. The van der Waals surface area contributed by atoms with Gasteiger partial charge in [-0.05, 0) is 42.0 Å². The summed E-state index contributed by atoms with van der Waals surface area (Å²) in [5.41, 5.74) is 2.06. The third-order valence-electron chi connectivity index (χ3n) is 4.77. The number of nitrogens with one attached hydrogen (secondary N) is 2. The lowest BCUT2D eigenvalue weighted by Gasteiger charge is -2.18. The second-order valence-corrected chi connectivity index (χ2v) is 7.27. The van der Waals surface area contributed by atoms with E-state index in [-0.39, 0.29) is 22.1 Å². The maximum Gasteiger partial charge on any atom is 0.262 e. The SMILES string of the molecule is C=CCn1c(=S)[nH]c2cc(C(=O)Nc3ccccc3CN(C)C(C)=O)ccc2c1=O. The van der Waals surface area contributed by atoms with E-state index in [1.54, 1.807) is 42.3 Å². The molecule has 0 radical (unpaired) electrons. The number of anilines is 1. The molecule has 7 nitrogen and oxygen atoms in total. The monoisotopic (exact) mass is 422 g/mol. The third-order valence-corrected chi connectivity index (χ3v) is 5.09. The van der Waals surface area contributed by atoms with Crippen LogP contribution in [0, 0.1) is 4.77 Å². The Hall–Kier alpha value is -3.52. The lowest BCUT2D eigenvalue weighted by Crippen LogP contribution is -2.24. The number of allylic oxidation sites excluding steroid dienone is 1. The Kier molecular flexibility index (Phi) is 6.27. The lowest BCUT2D eigenvalue weighted by atomic mass is 10.1. The first-order chi connectivity index (χ1) is 14.3. The molecular formula is C22H22N4O3S. The van der Waals surface area contributed by atoms with Gasteiger partial charge in [-0.1, -0.05) is 24.3 Å². The van der Waals surface area contributed by atoms with E-state index in [1.165, 1.54) is 11.5 Å². The number of carbonyl (C=O) groups excluding carboxylic acids is 2. The van der Waals surface area contributed by atoms with Gasteiger partial charge in [0.1, 0.15) is 0 Å². The largest absolute Gasteiger partial charge is 0.342 e. The van der Waals surface area contributed by atoms with Gasteiger partial charge >= 0.3 is 0 Å².